The maximum absolute atomic E-state index is 13.3. The number of pyridine rings is 1. The second-order valence-corrected chi connectivity index (χ2v) is 6.57. The van der Waals surface area contributed by atoms with E-state index in [0.717, 1.165) is 45.6 Å². The second kappa shape index (κ2) is 6.03. The molecule has 0 N–H and O–H groups in total. The lowest BCUT2D eigenvalue weighted by atomic mass is 10.0. The van der Waals surface area contributed by atoms with Crippen LogP contribution in [0.3, 0.4) is 0 Å². The number of benzene rings is 1. The SMILES string of the molecule is Fc1ccc(-c2nc3n(c2-c2ccncc2)C(CI)CC3)cc1. The predicted octanol–water partition coefficient (Wildman–Crippen LogP) is 4.67. The molecule has 116 valence electrons. The molecule has 0 bridgehead atoms. The van der Waals surface area contributed by atoms with Crippen LogP contribution in [-0.4, -0.2) is 19.0 Å². The molecule has 0 radical (unpaired) electrons. The first-order chi connectivity index (χ1) is 11.3. The zero-order chi connectivity index (χ0) is 15.8. The first kappa shape index (κ1) is 14.8. The average Bonchev–Trinajstić information content (AvgIpc) is 3.15. The van der Waals surface area contributed by atoms with Crippen LogP contribution in [0.25, 0.3) is 22.5 Å². The Kier molecular flexibility index (Phi) is 3.88. The monoisotopic (exact) mass is 419 g/mol. The van der Waals surface area contributed by atoms with E-state index in [2.05, 4.69) is 32.1 Å². The molecule has 3 aromatic rings. The molecule has 5 heteroatoms. The first-order valence-corrected chi connectivity index (χ1v) is 9.14. The van der Waals surface area contributed by atoms with Crippen molar-refractivity contribution in [3.8, 4) is 22.5 Å². The molecule has 3 nitrogen and oxygen atoms in total. The summed E-state index contributed by atoms with van der Waals surface area (Å²) in [6, 6.07) is 11.1. The summed E-state index contributed by atoms with van der Waals surface area (Å²) in [6.45, 7) is 0. The summed E-state index contributed by atoms with van der Waals surface area (Å²) >= 11 is 2.44. The van der Waals surface area contributed by atoms with Gasteiger partial charge in [-0.1, -0.05) is 22.6 Å². The molecule has 4 rings (SSSR count). The number of halogens is 2. The number of hydrogen-bond donors (Lipinski definition) is 0. The topological polar surface area (TPSA) is 30.7 Å². The summed E-state index contributed by atoms with van der Waals surface area (Å²) in [4.78, 5) is 9.00. The Morgan fingerprint density at radius 2 is 1.83 bits per heavy atom. The van der Waals surface area contributed by atoms with E-state index >= 15 is 0 Å². The molecular weight excluding hydrogens is 404 g/mol. The Bertz CT molecular complexity index is 827. The van der Waals surface area contributed by atoms with Gasteiger partial charge in [0.25, 0.3) is 0 Å². The molecule has 3 heterocycles. The van der Waals surface area contributed by atoms with Gasteiger partial charge >= 0.3 is 0 Å². The number of rotatable bonds is 3. The van der Waals surface area contributed by atoms with Gasteiger partial charge in [0.1, 0.15) is 11.6 Å². The molecule has 0 saturated carbocycles. The molecular formula is C18H15FIN3. The minimum atomic E-state index is -0.226. The summed E-state index contributed by atoms with van der Waals surface area (Å²) in [6.07, 6.45) is 5.73. The summed E-state index contributed by atoms with van der Waals surface area (Å²) in [7, 11) is 0. The largest absolute Gasteiger partial charge is 0.324 e. The highest BCUT2D eigenvalue weighted by Gasteiger charge is 2.29. The van der Waals surface area contributed by atoms with E-state index in [1.165, 1.54) is 12.1 Å². The zero-order valence-electron chi connectivity index (χ0n) is 12.4. The van der Waals surface area contributed by atoms with Crippen LogP contribution in [0, 0.1) is 5.82 Å². The lowest BCUT2D eigenvalue weighted by Crippen LogP contribution is -2.07. The maximum Gasteiger partial charge on any atom is 0.123 e. The van der Waals surface area contributed by atoms with Crippen molar-refractivity contribution in [2.45, 2.75) is 18.9 Å². The highest BCUT2D eigenvalue weighted by Crippen LogP contribution is 2.40. The third-order valence-corrected chi connectivity index (χ3v) is 5.32. The molecule has 0 spiro atoms. The van der Waals surface area contributed by atoms with Crippen LogP contribution in [-0.2, 0) is 6.42 Å². The first-order valence-electron chi connectivity index (χ1n) is 7.61. The average molecular weight is 419 g/mol. The Morgan fingerprint density at radius 1 is 1.09 bits per heavy atom. The zero-order valence-corrected chi connectivity index (χ0v) is 14.6. The molecule has 1 unspecified atom stereocenters. The van der Waals surface area contributed by atoms with Crippen molar-refractivity contribution in [2.24, 2.45) is 0 Å². The van der Waals surface area contributed by atoms with Gasteiger partial charge in [-0.15, -0.1) is 0 Å². The molecule has 1 aromatic carbocycles. The van der Waals surface area contributed by atoms with Crippen LogP contribution in [0.5, 0.6) is 0 Å². The van der Waals surface area contributed by atoms with Gasteiger partial charge in [0, 0.05) is 40.4 Å². The van der Waals surface area contributed by atoms with Gasteiger partial charge < -0.3 is 4.57 Å². The van der Waals surface area contributed by atoms with Crippen molar-refractivity contribution in [1.82, 2.24) is 14.5 Å². The molecule has 0 fully saturated rings. The van der Waals surface area contributed by atoms with E-state index in [0.29, 0.717) is 6.04 Å². The van der Waals surface area contributed by atoms with Crippen molar-refractivity contribution in [3.05, 3.63) is 60.4 Å². The molecule has 0 saturated heterocycles. The number of hydrogen-bond acceptors (Lipinski definition) is 2. The van der Waals surface area contributed by atoms with E-state index in [9.17, 15) is 4.39 Å². The smallest absolute Gasteiger partial charge is 0.123 e. The van der Waals surface area contributed by atoms with Gasteiger partial charge in [0.2, 0.25) is 0 Å². The standard InChI is InChI=1S/C18H15FIN3/c19-14-3-1-12(2-4-14)17-18(13-7-9-21-10-8-13)23-15(11-20)5-6-16(23)22-17/h1-4,7-10,15H,5-6,11H2. The number of alkyl halides is 1. The Labute approximate surface area is 147 Å². The summed E-state index contributed by atoms with van der Waals surface area (Å²) in [5, 5.41) is 0. The number of fused-ring (bicyclic) bond motifs is 1. The van der Waals surface area contributed by atoms with E-state index < -0.39 is 0 Å². The minimum absolute atomic E-state index is 0.226. The normalized spacial score (nSPS) is 16.5. The summed E-state index contributed by atoms with van der Waals surface area (Å²) in [5.74, 6) is 0.897. The second-order valence-electron chi connectivity index (χ2n) is 5.68. The molecule has 1 atom stereocenters. The van der Waals surface area contributed by atoms with Gasteiger partial charge in [-0.3, -0.25) is 4.98 Å². The molecule has 1 aliphatic heterocycles. The Morgan fingerprint density at radius 3 is 2.52 bits per heavy atom. The number of aryl methyl sites for hydroxylation is 1. The maximum atomic E-state index is 13.3. The fraction of sp³-hybridized carbons (Fsp3) is 0.222. The van der Waals surface area contributed by atoms with Crippen LogP contribution in [0.1, 0.15) is 18.3 Å². The quantitative estimate of drug-likeness (QED) is 0.456. The molecule has 2 aromatic heterocycles. The van der Waals surface area contributed by atoms with Crippen LogP contribution in [0.2, 0.25) is 0 Å². The fourth-order valence-electron chi connectivity index (χ4n) is 3.21. The number of aromatic nitrogens is 3. The van der Waals surface area contributed by atoms with Gasteiger partial charge in [-0.2, -0.15) is 0 Å². The van der Waals surface area contributed by atoms with Gasteiger partial charge in [-0.05, 0) is 42.8 Å². The third kappa shape index (κ3) is 2.56. The van der Waals surface area contributed by atoms with Crippen molar-refractivity contribution < 1.29 is 4.39 Å². The van der Waals surface area contributed by atoms with Gasteiger partial charge in [-0.25, -0.2) is 9.37 Å². The summed E-state index contributed by atoms with van der Waals surface area (Å²) < 4.78 is 16.7. The lowest BCUT2D eigenvalue weighted by molar-refractivity contribution is 0.603. The Balaban J connectivity index is 1.95. The van der Waals surface area contributed by atoms with Crippen molar-refractivity contribution in [3.63, 3.8) is 0 Å². The highest BCUT2D eigenvalue weighted by molar-refractivity contribution is 14.1. The van der Waals surface area contributed by atoms with E-state index in [4.69, 9.17) is 4.98 Å². The van der Waals surface area contributed by atoms with Gasteiger partial charge in [0.05, 0.1) is 11.4 Å². The predicted molar refractivity (Wildman–Crippen MR) is 97.1 cm³/mol. The highest BCUT2D eigenvalue weighted by atomic mass is 127. The van der Waals surface area contributed by atoms with Crippen molar-refractivity contribution in [1.29, 1.82) is 0 Å². The van der Waals surface area contributed by atoms with E-state index in [-0.39, 0.29) is 5.82 Å². The lowest BCUT2D eigenvalue weighted by Gasteiger charge is -2.15. The van der Waals surface area contributed by atoms with Gasteiger partial charge in [0.15, 0.2) is 0 Å². The number of nitrogens with zero attached hydrogens (tertiary/aromatic N) is 3. The molecule has 1 aliphatic rings. The molecule has 0 amide bonds. The fourth-order valence-corrected chi connectivity index (χ4v) is 4.05. The third-order valence-electron chi connectivity index (χ3n) is 4.30. The summed E-state index contributed by atoms with van der Waals surface area (Å²) in [5.41, 5.74) is 4.11. The number of imidazole rings is 1. The van der Waals surface area contributed by atoms with E-state index in [1.807, 2.05) is 12.1 Å². The Hall–Kier alpha value is -1.76. The van der Waals surface area contributed by atoms with Crippen molar-refractivity contribution in [2.75, 3.05) is 4.43 Å². The van der Waals surface area contributed by atoms with Crippen molar-refractivity contribution >= 4 is 22.6 Å². The minimum Gasteiger partial charge on any atom is -0.324 e. The molecule has 0 aliphatic carbocycles. The van der Waals surface area contributed by atoms with Crippen LogP contribution < -0.4 is 0 Å². The molecule has 23 heavy (non-hydrogen) atoms. The van der Waals surface area contributed by atoms with Crippen LogP contribution in [0.4, 0.5) is 4.39 Å². The van der Waals surface area contributed by atoms with E-state index in [1.54, 1.807) is 24.5 Å². The van der Waals surface area contributed by atoms with Crippen LogP contribution in [0.15, 0.2) is 48.8 Å². The van der Waals surface area contributed by atoms with Crippen LogP contribution >= 0.6 is 22.6 Å².